The van der Waals surface area contributed by atoms with Gasteiger partial charge in [-0.15, -0.1) is 0 Å². The molecule has 3 heteroatoms. The van der Waals surface area contributed by atoms with Crippen LogP contribution in [0.15, 0.2) is 12.2 Å². The first-order valence-electron chi connectivity index (χ1n) is 5.63. The Bertz CT molecular complexity index is 277. The number of rotatable bonds is 7. The molecule has 0 fully saturated rings. The Morgan fingerprint density at radius 3 is 2.31 bits per heavy atom. The standard InChI is InChI=1S/C13H22O3/c1-6-13(4,5)8-7-11(14)9-16-12(15)10(2)3/h2,6-9H2,1,3-5H3. The van der Waals surface area contributed by atoms with E-state index in [2.05, 4.69) is 27.4 Å². The molecule has 3 nitrogen and oxygen atoms in total. The monoisotopic (exact) mass is 226 g/mol. The summed E-state index contributed by atoms with van der Waals surface area (Å²) < 4.78 is 4.78. The third-order valence-corrected chi connectivity index (χ3v) is 2.75. The molecular weight excluding hydrogens is 204 g/mol. The van der Waals surface area contributed by atoms with E-state index in [1.807, 2.05) is 0 Å². The van der Waals surface area contributed by atoms with Gasteiger partial charge in [0.1, 0.15) is 6.61 Å². The Hall–Kier alpha value is -1.12. The van der Waals surface area contributed by atoms with Gasteiger partial charge in [-0.25, -0.2) is 4.79 Å². The summed E-state index contributed by atoms with van der Waals surface area (Å²) >= 11 is 0. The maximum atomic E-state index is 11.4. The maximum Gasteiger partial charge on any atom is 0.333 e. The van der Waals surface area contributed by atoms with E-state index in [1.165, 1.54) is 0 Å². The fourth-order valence-electron chi connectivity index (χ4n) is 0.996. The van der Waals surface area contributed by atoms with Gasteiger partial charge < -0.3 is 4.74 Å². The summed E-state index contributed by atoms with van der Waals surface area (Å²) in [7, 11) is 0. The second-order valence-electron chi connectivity index (χ2n) is 4.91. The molecule has 0 amide bonds. The Kier molecular flexibility index (Phi) is 6.01. The summed E-state index contributed by atoms with van der Waals surface area (Å²) in [5.41, 5.74) is 0.496. The normalized spacial score (nSPS) is 11.0. The molecule has 0 unspecified atom stereocenters. The van der Waals surface area contributed by atoms with Gasteiger partial charge in [-0.3, -0.25) is 4.79 Å². The Morgan fingerprint density at radius 2 is 1.88 bits per heavy atom. The van der Waals surface area contributed by atoms with Crippen molar-refractivity contribution < 1.29 is 14.3 Å². The first-order chi connectivity index (χ1) is 7.28. The molecule has 0 spiro atoms. The van der Waals surface area contributed by atoms with Gasteiger partial charge in [0.25, 0.3) is 0 Å². The number of ketones is 1. The molecule has 0 N–H and O–H groups in total. The van der Waals surface area contributed by atoms with Crippen molar-refractivity contribution in [3.05, 3.63) is 12.2 Å². The highest BCUT2D eigenvalue weighted by molar-refractivity contribution is 5.89. The average Bonchev–Trinajstić information content (AvgIpc) is 2.23. The SMILES string of the molecule is C=C(C)C(=O)OCC(=O)CCC(C)(C)CC. The average molecular weight is 226 g/mol. The number of hydrogen-bond acceptors (Lipinski definition) is 3. The van der Waals surface area contributed by atoms with E-state index in [9.17, 15) is 9.59 Å². The van der Waals surface area contributed by atoms with Gasteiger partial charge in [0.15, 0.2) is 5.78 Å². The summed E-state index contributed by atoms with van der Waals surface area (Å²) in [6.07, 6.45) is 2.32. The largest absolute Gasteiger partial charge is 0.454 e. The third kappa shape index (κ3) is 6.38. The second-order valence-corrected chi connectivity index (χ2v) is 4.91. The Morgan fingerprint density at radius 1 is 1.31 bits per heavy atom. The van der Waals surface area contributed by atoms with E-state index < -0.39 is 5.97 Å². The van der Waals surface area contributed by atoms with Gasteiger partial charge in [0.05, 0.1) is 0 Å². The number of carbonyl (C=O) groups excluding carboxylic acids is 2. The molecule has 0 saturated heterocycles. The van der Waals surface area contributed by atoms with Crippen molar-refractivity contribution in [2.75, 3.05) is 6.61 Å². The highest BCUT2D eigenvalue weighted by Crippen LogP contribution is 2.25. The van der Waals surface area contributed by atoms with Crippen molar-refractivity contribution in [2.45, 2.75) is 47.0 Å². The fraction of sp³-hybridized carbons (Fsp3) is 0.692. The predicted octanol–water partition coefficient (Wildman–Crippen LogP) is 2.89. The quantitative estimate of drug-likeness (QED) is 0.495. The molecule has 0 saturated carbocycles. The van der Waals surface area contributed by atoms with Crippen LogP contribution in [0.4, 0.5) is 0 Å². The van der Waals surface area contributed by atoms with Crippen LogP contribution in [0.1, 0.15) is 47.0 Å². The molecule has 0 heterocycles. The zero-order valence-electron chi connectivity index (χ0n) is 10.8. The molecule has 0 aromatic carbocycles. The van der Waals surface area contributed by atoms with Gasteiger partial charge in [0.2, 0.25) is 0 Å². The molecule has 0 bridgehead atoms. The molecule has 16 heavy (non-hydrogen) atoms. The predicted molar refractivity (Wildman–Crippen MR) is 64.1 cm³/mol. The van der Waals surface area contributed by atoms with E-state index in [-0.39, 0.29) is 17.8 Å². The van der Waals surface area contributed by atoms with Crippen LogP contribution < -0.4 is 0 Å². The zero-order valence-corrected chi connectivity index (χ0v) is 10.8. The highest BCUT2D eigenvalue weighted by Gasteiger charge is 2.17. The van der Waals surface area contributed by atoms with E-state index >= 15 is 0 Å². The third-order valence-electron chi connectivity index (χ3n) is 2.75. The molecule has 0 aromatic rings. The maximum absolute atomic E-state index is 11.4. The molecule has 0 aliphatic rings. The molecular formula is C13H22O3. The number of carbonyl (C=O) groups is 2. The number of esters is 1. The minimum Gasteiger partial charge on any atom is -0.454 e. The lowest BCUT2D eigenvalue weighted by Crippen LogP contribution is -2.17. The van der Waals surface area contributed by atoms with Crippen LogP contribution in [0.2, 0.25) is 0 Å². The van der Waals surface area contributed by atoms with E-state index in [0.29, 0.717) is 12.0 Å². The number of hydrogen-bond donors (Lipinski definition) is 0. The molecule has 0 aliphatic carbocycles. The summed E-state index contributed by atoms with van der Waals surface area (Å²) in [6.45, 7) is 11.2. The van der Waals surface area contributed by atoms with Gasteiger partial charge in [0, 0.05) is 12.0 Å². The van der Waals surface area contributed by atoms with Crippen LogP contribution in [0.25, 0.3) is 0 Å². The minimum absolute atomic E-state index is 0.0314. The summed E-state index contributed by atoms with van der Waals surface area (Å²) in [6, 6.07) is 0. The van der Waals surface area contributed by atoms with Crippen LogP contribution >= 0.6 is 0 Å². The smallest absolute Gasteiger partial charge is 0.333 e. The number of Topliss-reactive ketones (excluding diaryl/α,β-unsaturated/α-hetero) is 1. The van der Waals surface area contributed by atoms with Crippen molar-refractivity contribution in [1.82, 2.24) is 0 Å². The van der Waals surface area contributed by atoms with Crippen molar-refractivity contribution in [2.24, 2.45) is 5.41 Å². The van der Waals surface area contributed by atoms with Gasteiger partial charge in [-0.1, -0.05) is 33.8 Å². The Balaban J connectivity index is 3.84. The van der Waals surface area contributed by atoms with Crippen molar-refractivity contribution >= 4 is 11.8 Å². The second kappa shape index (κ2) is 6.46. The van der Waals surface area contributed by atoms with Crippen LogP contribution in [0, 0.1) is 5.41 Å². The van der Waals surface area contributed by atoms with Crippen molar-refractivity contribution in [3.8, 4) is 0 Å². The molecule has 0 aromatic heterocycles. The first-order valence-corrected chi connectivity index (χ1v) is 5.63. The highest BCUT2D eigenvalue weighted by atomic mass is 16.5. The lowest BCUT2D eigenvalue weighted by molar-refractivity contribution is -0.144. The minimum atomic E-state index is -0.497. The molecule has 0 aliphatic heterocycles. The summed E-state index contributed by atoms with van der Waals surface area (Å²) in [5, 5.41) is 0. The lowest BCUT2D eigenvalue weighted by Gasteiger charge is -2.21. The van der Waals surface area contributed by atoms with Crippen LogP contribution in [0.5, 0.6) is 0 Å². The fourth-order valence-corrected chi connectivity index (χ4v) is 0.996. The first kappa shape index (κ1) is 14.9. The topological polar surface area (TPSA) is 43.4 Å². The molecule has 0 radical (unpaired) electrons. The van der Waals surface area contributed by atoms with Crippen molar-refractivity contribution in [3.63, 3.8) is 0 Å². The van der Waals surface area contributed by atoms with E-state index in [0.717, 1.165) is 12.8 Å². The van der Waals surface area contributed by atoms with Gasteiger partial charge in [-0.2, -0.15) is 0 Å². The summed E-state index contributed by atoms with van der Waals surface area (Å²) in [4.78, 5) is 22.5. The van der Waals surface area contributed by atoms with E-state index in [4.69, 9.17) is 4.74 Å². The molecule has 92 valence electrons. The van der Waals surface area contributed by atoms with Crippen molar-refractivity contribution in [1.29, 1.82) is 0 Å². The van der Waals surface area contributed by atoms with Gasteiger partial charge >= 0.3 is 5.97 Å². The van der Waals surface area contributed by atoms with Crippen LogP contribution in [-0.4, -0.2) is 18.4 Å². The van der Waals surface area contributed by atoms with E-state index in [1.54, 1.807) is 6.92 Å². The van der Waals surface area contributed by atoms with Gasteiger partial charge in [-0.05, 0) is 18.8 Å². The van der Waals surface area contributed by atoms with Crippen LogP contribution in [-0.2, 0) is 14.3 Å². The lowest BCUT2D eigenvalue weighted by atomic mass is 9.84. The zero-order chi connectivity index (χ0) is 12.8. The molecule has 0 rings (SSSR count). The molecule has 0 atom stereocenters. The Labute approximate surface area is 97.9 Å². The van der Waals surface area contributed by atoms with Crippen LogP contribution in [0.3, 0.4) is 0 Å². The number of ether oxygens (including phenoxy) is 1. The summed E-state index contributed by atoms with van der Waals surface area (Å²) in [5.74, 6) is -0.528.